The van der Waals surface area contributed by atoms with Gasteiger partial charge in [-0.3, -0.25) is 19.7 Å². The number of nitro benzene ring substituents is 1. The maximum absolute atomic E-state index is 12.7. The lowest BCUT2D eigenvalue weighted by molar-refractivity contribution is -0.384. The number of nitro groups is 1. The van der Waals surface area contributed by atoms with Gasteiger partial charge >= 0.3 is 5.97 Å². The van der Waals surface area contributed by atoms with Crippen LogP contribution in [0.2, 0.25) is 0 Å². The highest BCUT2D eigenvalue weighted by molar-refractivity contribution is 5.88. The van der Waals surface area contributed by atoms with E-state index < -0.39 is 22.9 Å². The summed E-state index contributed by atoms with van der Waals surface area (Å²) in [5.74, 6) is -1.20. The normalized spacial score (nSPS) is 19.1. The highest BCUT2D eigenvalue weighted by Crippen LogP contribution is 2.40. The summed E-state index contributed by atoms with van der Waals surface area (Å²) in [5.41, 5.74) is 1.59. The van der Waals surface area contributed by atoms with Crippen molar-refractivity contribution in [3.63, 3.8) is 0 Å². The van der Waals surface area contributed by atoms with Crippen molar-refractivity contribution in [3.8, 4) is 0 Å². The molecule has 0 saturated carbocycles. The van der Waals surface area contributed by atoms with Crippen LogP contribution in [0.5, 0.6) is 0 Å². The van der Waals surface area contributed by atoms with E-state index in [0.29, 0.717) is 12.1 Å². The summed E-state index contributed by atoms with van der Waals surface area (Å²) in [7, 11) is 0. The second-order valence-corrected chi connectivity index (χ2v) is 6.36. The average molecular weight is 368 g/mol. The van der Waals surface area contributed by atoms with E-state index >= 15 is 0 Å². The minimum Gasteiger partial charge on any atom is -0.466 e. The molecule has 2 atom stereocenters. The van der Waals surface area contributed by atoms with Gasteiger partial charge in [0.2, 0.25) is 5.91 Å². The van der Waals surface area contributed by atoms with Gasteiger partial charge in [-0.2, -0.15) is 0 Å². The molecule has 0 N–H and O–H groups in total. The molecule has 0 aliphatic carbocycles. The third-order valence-corrected chi connectivity index (χ3v) is 4.66. The number of likely N-dealkylation sites (tertiary alicyclic amines) is 1. The molecule has 1 aliphatic heterocycles. The zero-order valence-corrected chi connectivity index (χ0v) is 14.9. The van der Waals surface area contributed by atoms with Gasteiger partial charge in [-0.1, -0.05) is 42.5 Å². The van der Waals surface area contributed by atoms with Crippen LogP contribution in [-0.4, -0.2) is 28.3 Å². The summed E-state index contributed by atoms with van der Waals surface area (Å²) in [5, 5.41) is 10.9. The third-order valence-electron chi connectivity index (χ3n) is 4.66. The largest absolute Gasteiger partial charge is 0.466 e. The molecule has 2 aromatic carbocycles. The van der Waals surface area contributed by atoms with Crippen molar-refractivity contribution in [2.45, 2.75) is 25.9 Å². The molecule has 7 nitrogen and oxygen atoms in total. The maximum atomic E-state index is 12.7. The van der Waals surface area contributed by atoms with Crippen LogP contribution in [0.4, 0.5) is 5.69 Å². The monoisotopic (exact) mass is 368 g/mol. The Morgan fingerprint density at radius 2 is 1.85 bits per heavy atom. The van der Waals surface area contributed by atoms with Gasteiger partial charge in [0.05, 0.1) is 23.5 Å². The average Bonchev–Trinajstić information content (AvgIpc) is 2.99. The molecule has 1 saturated heterocycles. The molecule has 2 aromatic rings. The van der Waals surface area contributed by atoms with Crippen LogP contribution in [0, 0.1) is 16.0 Å². The van der Waals surface area contributed by atoms with Gasteiger partial charge in [-0.05, 0) is 18.1 Å². The van der Waals surface area contributed by atoms with E-state index in [1.807, 2.05) is 30.3 Å². The minimum atomic E-state index is -0.636. The molecule has 0 radical (unpaired) electrons. The standard InChI is InChI=1S/C20H20N2O5/c1-2-27-20(24)17-12-18(23)21(13-14-6-4-3-5-7-14)19(17)15-8-10-16(11-9-15)22(25)26/h3-11,17,19H,2,12-13H2,1H3/t17-,19+/m1/s1. The first-order valence-corrected chi connectivity index (χ1v) is 8.75. The predicted molar refractivity (Wildman–Crippen MR) is 97.6 cm³/mol. The molecule has 1 amide bonds. The number of non-ortho nitro benzene ring substituents is 1. The summed E-state index contributed by atoms with van der Waals surface area (Å²) >= 11 is 0. The quantitative estimate of drug-likeness (QED) is 0.443. The van der Waals surface area contributed by atoms with Crippen molar-refractivity contribution in [1.82, 2.24) is 4.90 Å². The van der Waals surface area contributed by atoms with Crippen LogP contribution in [0.15, 0.2) is 54.6 Å². The molecule has 0 bridgehead atoms. The van der Waals surface area contributed by atoms with Gasteiger partial charge in [0.1, 0.15) is 0 Å². The first kappa shape index (κ1) is 18.6. The molecule has 1 aliphatic rings. The van der Waals surface area contributed by atoms with E-state index in [9.17, 15) is 19.7 Å². The Balaban J connectivity index is 1.95. The second-order valence-electron chi connectivity index (χ2n) is 6.36. The summed E-state index contributed by atoms with van der Waals surface area (Å²) in [6.07, 6.45) is 0.0628. The van der Waals surface area contributed by atoms with Crippen molar-refractivity contribution in [2.24, 2.45) is 5.92 Å². The van der Waals surface area contributed by atoms with E-state index in [-0.39, 0.29) is 24.6 Å². The number of carbonyl (C=O) groups excluding carboxylic acids is 2. The third kappa shape index (κ3) is 3.97. The van der Waals surface area contributed by atoms with Gasteiger partial charge in [0, 0.05) is 25.1 Å². The number of ether oxygens (including phenoxy) is 1. The van der Waals surface area contributed by atoms with Crippen molar-refractivity contribution < 1.29 is 19.2 Å². The van der Waals surface area contributed by atoms with Crippen LogP contribution in [0.25, 0.3) is 0 Å². The molecule has 7 heteroatoms. The smallest absolute Gasteiger partial charge is 0.311 e. The maximum Gasteiger partial charge on any atom is 0.311 e. The lowest BCUT2D eigenvalue weighted by atomic mass is 9.93. The van der Waals surface area contributed by atoms with Gasteiger partial charge in [-0.25, -0.2) is 0 Å². The Kier molecular flexibility index (Phi) is 5.49. The molecule has 0 aromatic heterocycles. The molecule has 1 fully saturated rings. The highest BCUT2D eigenvalue weighted by atomic mass is 16.6. The molecule has 1 heterocycles. The number of nitrogens with zero attached hydrogens (tertiary/aromatic N) is 2. The van der Waals surface area contributed by atoms with Crippen LogP contribution < -0.4 is 0 Å². The fourth-order valence-electron chi connectivity index (χ4n) is 3.42. The van der Waals surface area contributed by atoms with Crippen LogP contribution in [0.3, 0.4) is 0 Å². The number of esters is 1. The first-order valence-electron chi connectivity index (χ1n) is 8.75. The molecular formula is C20H20N2O5. The number of carbonyl (C=O) groups is 2. The summed E-state index contributed by atoms with van der Waals surface area (Å²) in [6, 6.07) is 15.0. The van der Waals surface area contributed by atoms with E-state index in [0.717, 1.165) is 5.56 Å². The Labute approximate surface area is 156 Å². The summed E-state index contributed by atoms with van der Waals surface area (Å²) < 4.78 is 5.16. The van der Waals surface area contributed by atoms with Gasteiger partial charge in [0.15, 0.2) is 0 Å². The van der Waals surface area contributed by atoms with E-state index in [1.165, 1.54) is 12.1 Å². The van der Waals surface area contributed by atoms with Gasteiger partial charge in [0.25, 0.3) is 5.69 Å². The lowest BCUT2D eigenvalue weighted by Crippen LogP contribution is -2.30. The molecular weight excluding hydrogens is 348 g/mol. The topological polar surface area (TPSA) is 89.8 Å². The second kappa shape index (κ2) is 7.99. The summed E-state index contributed by atoms with van der Waals surface area (Å²) in [4.78, 5) is 37.2. The van der Waals surface area contributed by atoms with Crippen molar-refractivity contribution in [2.75, 3.05) is 6.61 Å². The fraction of sp³-hybridized carbons (Fsp3) is 0.300. The number of hydrogen-bond acceptors (Lipinski definition) is 5. The van der Waals surface area contributed by atoms with Crippen molar-refractivity contribution >= 4 is 17.6 Å². The fourth-order valence-corrected chi connectivity index (χ4v) is 3.42. The van der Waals surface area contributed by atoms with E-state index in [4.69, 9.17) is 4.74 Å². The van der Waals surface area contributed by atoms with Gasteiger partial charge < -0.3 is 9.64 Å². The van der Waals surface area contributed by atoms with Crippen LogP contribution in [0.1, 0.15) is 30.5 Å². The highest BCUT2D eigenvalue weighted by Gasteiger charge is 2.45. The lowest BCUT2D eigenvalue weighted by Gasteiger charge is -2.28. The Hall–Kier alpha value is -3.22. The number of benzene rings is 2. The number of amides is 1. The van der Waals surface area contributed by atoms with Crippen LogP contribution in [-0.2, 0) is 20.9 Å². The predicted octanol–water partition coefficient (Wildman–Crippen LogP) is 3.25. The van der Waals surface area contributed by atoms with E-state index in [2.05, 4.69) is 0 Å². The van der Waals surface area contributed by atoms with Crippen molar-refractivity contribution in [3.05, 3.63) is 75.8 Å². The minimum absolute atomic E-state index is 0.0367. The molecule has 27 heavy (non-hydrogen) atoms. The zero-order chi connectivity index (χ0) is 19.4. The summed E-state index contributed by atoms with van der Waals surface area (Å²) in [6.45, 7) is 2.31. The number of hydrogen-bond donors (Lipinski definition) is 0. The van der Waals surface area contributed by atoms with Crippen molar-refractivity contribution in [1.29, 1.82) is 0 Å². The number of rotatable bonds is 6. The molecule has 3 rings (SSSR count). The Bertz CT molecular complexity index is 835. The Morgan fingerprint density at radius 1 is 1.19 bits per heavy atom. The van der Waals surface area contributed by atoms with Gasteiger partial charge in [-0.15, -0.1) is 0 Å². The Morgan fingerprint density at radius 3 is 2.44 bits per heavy atom. The SMILES string of the molecule is CCOC(=O)[C@@H]1CC(=O)N(Cc2ccccc2)[C@H]1c1ccc([N+](=O)[O-])cc1. The van der Waals surface area contributed by atoms with Crippen LogP contribution >= 0.6 is 0 Å². The zero-order valence-electron chi connectivity index (χ0n) is 14.9. The molecule has 0 spiro atoms. The molecule has 0 unspecified atom stereocenters. The first-order chi connectivity index (χ1) is 13.0. The van der Waals surface area contributed by atoms with E-state index in [1.54, 1.807) is 24.0 Å². The molecule has 140 valence electrons.